The molecule has 0 saturated carbocycles. The Labute approximate surface area is 80.6 Å². The molecular formula is C10H9NO3. The van der Waals surface area contributed by atoms with E-state index in [1.165, 1.54) is 0 Å². The number of carboxylic acids is 1. The van der Waals surface area contributed by atoms with Crippen molar-refractivity contribution in [2.75, 3.05) is 5.32 Å². The van der Waals surface area contributed by atoms with Gasteiger partial charge < -0.3 is 10.4 Å². The van der Waals surface area contributed by atoms with E-state index in [1.54, 1.807) is 12.1 Å². The van der Waals surface area contributed by atoms with Gasteiger partial charge in [0.05, 0.1) is 0 Å². The molecule has 14 heavy (non-hydrogen) atoms. The van der Waals surface area contributed by atoms with Crippen LogP contribution >= 0.6 is 0 Å². The second-order valence-electron chi connectivity index (χ2n) is 3.24. The number of hydrogen-bond donors (Lipinski definition) is 2. The Morgan fingerprint density at radius 2 is 2.14 bits per heavy atom. The van der Waals surface area contributed by atoms with E-state index in [0.29, 0.717) is 0 Å². The van der Waals surface area contributed by atoms with Crippen LogP contribution in [0.5, 0.6) is 0 Å². The molecular weight excluding hydrogens is 182 g/mol. The number of amides is 1. The van der Waals surface area contributed by atoms with Crippen LogP contribution in [0.1, 0.15) is 5.56 Å². The Morgan fingerprint density at radius 3 is 2.86 bits per heavy atom. The molecule has 1 aliphatic heterocycles. The molecule has 1 amide bonds. The van der Waals surface area contributed by atoms with Gasteiger partial charge in [-0.15, -0.1) is 0 Å². The Hall–Kier alpha value is -1.84. The lowest BCUT2D eigenvalue weighted by molar-refractivity contribution is -0.145. The monoisotopic (exact) mass is 191 g/mol. The summed E-state index contributed by atoms with van der Waals surface area (Å²) in [5, 5.41) is 11.3. The summed E-state index contributed by atoms with van der Waals surface area (Å²) in [5.74, 6) is -2.46. The molecule has 1 aliphatic rings. The number of carbonyl (C=O) groups excluding carboxylic acids is 1. The van der Waals surface area contributed by atoms with E-state index >= 15 is 0 Å². The van der Waals surface area contributed by atoms with E-state index in [0.717, 1.165) is 11.3 Å². The van der Waals surface area contributed by atoms with Gasteiger partial charge in [-0.2, -0.15) is 0 Å². The molecule has 1 unspecified atom stereocenters. The minimum absolute atomic E-state index is 0.275. The molecule has 72 valence electrons. The smallest absolute Gasteiger partial charge is 0.316 e. The van der Waals surface area contributed by atoms with Crippen LogP contribution in [0.25, 0.3) is 0 Å². The fourth-order valence-electron chi connectivity index (χ4n) is 1.55. The highest BCUT2D eigenvalue weighted by Crippen LogP contribution is 2.24. The largest absolute Gasteiger partial charge is 0.481 e. The van der Waals surface area contributed by atoms with Gasteiger partial charge in [0.25, 0.3) is 0 Å². The van der Waals surface area contributed by atoms with E-state index in [4.69, 9.17) is 5.11 Å². The Bertz CT molecular complexity index is 400. The first-order chi connectivity index (χ1) is 6.68. The lowest BCUT2D eigenvalue weighted by atomic mass is 9.93. The number of carbonyl (C=O) groups is 2. The summed E-state index contributed by atoms with van der Waals surface area (Å²) < 4.78 is 0. The lowest BCUT2D eigenvalue weighted by Gasteiger charge is -2.21. The van der Waals surface area contributed by atoms with Gasteiger partial charge in [-0.05, 0) is 18.1 Å². The van der Waals surface area contributed by atoms with Gasteiger partial charge in [0, 0.05) is 5.69 Å². The van der Waals surface area contributed by atoms with E-state index in [-0.39, 0.29) is 6.42 Å². The molecule has 1 aromatic rings. The summed E-state index contributed by atoms with van der Waals surface area (Å²) >= 11 is 0. The summed E-state index contributed by atoms with van der Waals surface area (Å²) in [4.78, 5) is 22.0. The molecule has 0 aromatic heterocycles. The van der Waals surface area contributed by atoms with Crippen molar-refractivity contribution in [2.45, 2.75) is 6.42 Å². The third-order valence-electron chi connectivity index (χ3n) is 2.31. The van der Waals surface area contributed by atoms with Crippen LogP contribution in [0.4, 0.5) is 5.69 Å². The predicted octanol–water partition coefficient (Wildman–Crippen LogP) is 0.882. The van der Waals surface area contributed by atoms with Gasteiger partial charge in [0.2, 0.25) is 5.91 Å². The SMILES string of the molecule is O=C(O)C1Cc2ccccc2NC1=O. The highest BCUT2D eigenvalue weighted by molar-refractivity contribution is 6.06. The topological polar surface area (TPSA) is 66.4 Å². The minimum atomic E-state index is -1.07. The summed E-state index contributed by atoms with van der Waals surface area (Å²) in [7, 11) is 0. The number of nitrogens with one attached hydrogen (secondary N) is 1. The van der Waals surface area contributed by atoms with Gasteiger partial charge in [-0.1, -0.05) is 18.2 Å². The molecule has 1 aromatic carbocycles. The van der Waals surface area contributed by atoms with Crippen LogP contribution in [-0.4, -0.2) is 17.0 Å². The van der Waals surface area contributed by atoms with Crippen molar-refractivity contribution in [2.24, 2.45) is 5.92 Å². The van der Waals surface area contributed by atoms with Gasteiger partial charge in [-0.3, -0.25) is 9.59 Å². The Kier molecular flexibility index (Phi) is 1.96. The Morgan fingerprint density at radius 1 is 1.43 bits per heavy atom. The van der Waals surface area contributed by atoms with Gasteiger partial charge in [-0.25, -0.2) is 0 Å². The molecule has 0 spiro atoms. The van der Waals surface area contributed by atoms with E-state index in [1.807, 2.05) is 12.1 Å². The van der Waals surface area contributed by atoms with Crippen molar-refractivity contribution in [1.82, 2.24) is 0 Å². The first-order valence-electron chi connectivity index (χ1n) is 4.30. The van der Waals surface area contributed by atoms with Crippen molar-refractivity contribution in [3.05, 3.63) is 29.8 Å². The molecule has 2 rings (SSSR count). The molecule has 0 radical (unpaired) electrons. The minimum Gasteiger partial charge on any atom is -0.481 e. The number of carboxylic acid groups (broad SMARTS) is 1. The number of anilines is 1. The van der Waals surface area contributed by atoms with Gasteiger partial charge in [0.1, 0.15) is 5.92 Å². The first-order valence-corrected chi connectivity index (χ1v) is 4.30. The number of para-hydroxylation sites is 1. The Balaban J connectivity index is 2.36. The molecule has 0 fully saturated rings. The van der Waals surface area contributed by atoms with Gasteiger partial charge in [0.15, 0.2) is 0 Å². The first kappa shape index (κ1) is 8.74. The molecule has 4 heteroatoms. The molecule has 1 atom stereocenters. The summed E-state index contributed by atoms with van der Waals surface area (Å²) in [6, 6.07) is 7.23. The standard InChI is InChI=1S/C10H9NO3/c12-9-7(10(13)14)5-6-3-1-2-4-8(6)11-9/h1-4,7H,5H2,(H,11,12)(H,13,14). The molecule has 2 N–H and O–H groups in total. The van der Waals surface area contributed by atoms with Crippen LogP contribution in [0.2, 0.25) is 0 Å². The number of hydrogen-bond acceptors (Lipinski definition) is 2. The van der Waals surface area contributed by atoms with Crippen LogP contribution in [0, 0.1) is 5.92 Å². The second-order valence-corrected chi connectivity index (χ2v) is 3.24. The van der Waals surface area contributed by atoms with Crippen molar-refractivity contribution in [1.29, 1.82) is 0 Å². The van der Waals surface area contributed by atoms with Crippen molar-refractivity contribution in [3.8, 4) is 0 Å². The maximum absolute atomic E-state index is 11.3. The van der Waals surface area contributed by atoms with Crippen molar-refractivity contribution < 1.29 is 14.7 Å². The predicted molar refractivity (Wildman–Crippen MR) is 49.9 cm³/mol. The number of benzene rings is 1. The number of rotatable bonds is 1. The maximum atomic E-state index is 11.3. The third kappa shape index (κ3) is 1.35. The van der Waals surface area contributed by atoms with E-state index in [2.05, 4.69) is 5.32 Å². The van der Waals surface area contributed by atoms with Gasteiger partial charge >= 0.3 is 5.97 Å². The molecule has 0 bridgehead atoms. The third-order valence-corrected chi connectivity index (χ3v) is 2.31. The number of fused-ring (bicyclic) bond motifs is 1. The van der Waals surface area contributed by atoms with E-state index < -0.39 is 17.8 Å². The summed E-state index contributed by atoms with van der Waals surface area (Å²) in [5.41, 5.74) is 1.59. The van der Waals surface area contributed by atoms with Crippen LogP contribution < -0.4 is 5.32 Å². The second kappa shape index (κ2) is 3.14. The van der Waals surface area contributed by atoms with Crippen LogP contribution in [0.3, 0.4) is 0 Å². The van der Waals surface area contributed by atoms with Crippen LogP contribution in [-0.2, 0) is 16.0 Å². The normalized spacial score (nSPS) is 19.7. The highest BCUT2D eigenvalue weighted by atomic mass is 16.4. The van der Waals surface area contributed by atoms with Crippen LogP contribution in [0.15, 0.2) is 24.3 Å². The highest BCUT2D eigenvalue weighted by Gasteiger charge is 2.31. The molecule has 0 aliphatic carbocycles. The fourth-order valence-corrected chi connectivity index (χ4v) is 1.55. The van der Waals surface area contributed by atoms with E-state index in [9.17, 15) is 9.59 Å². The fraction of sp³-hybridized carbons (Fsp3) is 0.200. The molecule has 0 saturated heterocycles. The zero-order valence-electron chi connectivity index (χ0n) is 7.36. The van der Waals surface area contributed by atoms with Crippen molar-refractivity contribution >= 4 is 17.6 Å². The zero-order valence-corrected chi connectivity index (χ0v) is 7.36. The molecule has 1 heterocycles. The zero-order chi connectivity index (χ0) is 10.1. The lowest BCUT2D eigenvalue weighted by Crippen LogP contribution is -2.35. The summed E-state index contributed by atoms with van der Waals surface area (Å²) in [6.07, 6.45) is 0.275. The van der Waals surface area contributed by atoms with Crippen molar-refractivity contribution in [3.63, 3.8) is 0 Å². The summed E-state index contributed by atoms with van der Waals surface area (Å²) in [6.45, 7) is 0. The molecule has 4 nitrogen and oxygen atoms in total. The average Bonchev–Trinajstić information content (AvgIpc) is 2.16. The number of aliphatic carboxylic acids is 1. The quantitative estimate of drug-likeness (QED) is 0.647. The average molecular weight is 191 g/mol. The maximum Gasteiger partial charge on any atom is 0.316 e.